The topological polar surface area (TPSA) is 33.5 Å². The molecular weight excluding hydrogens is 274 g/mol. The number of amides is 1. The first-order valence-corrected chi connectivity index (χ1v) is 7.47. The maximum Gasteiger partial charge on any atom is 0.282 e. The number of nitrogens with one attached hydrogen (secondary N) is 2. The van der Waals surface area contributed by atoms with E-state index in [4.69, 9.17) is 0 Å². The average Bonchev–Trinajstić information content (AvgIpc) is 2.41. The molecule has 5 heteroatoms. The zero-order chi connectivity index (χ0) is 15.6. The van der Waals surface area contributed by atoms with Crippen LogP contribution in [0.5, 0.6) is 0 Å². The van der Waals surface area contributed by atoms with Gasteiger partial charge in [-0.3, -0.25) is 4.79 Å². The SMILES string of the molecule is C[C@@H]1C[C@H](C)C[NH+]([C@@H](C)C(=O)Nc2ccc(F)c(F)c2)C1. The zero-order valence-corrected chi connectivity index (χ0v) is 12.7. The van der Waals surface area contributed by atoms with E-state index in [2.05, 4.69) is 19.2 Å². The van der Waals surface area contributed by atoms with Gasteiger partial charge < -0.3 is 10.2 Å². The van der Waals surface area contributed by atoms with Crippen molar-refractivity contribution in [1.29, 1.82) is 0 Å². The number of rotatable bonds is 3. The lowest BCUT2D eigenvalue weighted by Gasteiger charge is -2.35. The third-order valence-electron chi connectivity index (χ3n) is 4.22. The minimum Gasteiger partial charge on any atom is -0.324 e. The van der Waals surface area contributed by atoms with Gasteiger partial charge in [0, 0.05) is 23.6 Å². The van der Waals surface area contributed by atoms with Crippen LogP contribution in [-0.4, -0.2) is 25.0 Å². The van der Waals surface area contributed by atoms with E-state index >= 15 is 0 Å². The van der Waals surface area contributed by atoms with Gasteiger partial charge in [0.15, 0.2) is 17.7 Å². The summed E-state index contributed by atoms with van der Waals surface area (Å²) >= 11 is 0. The van der Waals surface area contributed by atoms with Crippen LogP contribution in [0.1, 0.15) is 27.2 Å². The van der Waals surface area contributed by atoms with E-state index in [1.165, 1.54) is 17.4 Å². The first kappa shape index (κ1) is 15.9. The number of likely N-dealkylation sites (tertiary alicyclic amines) is 1. The minimum atomic E-state index is -0.951. The minimum absolute atomic E-state index is 0.155. The number of quaternary nitrogens is 1. The first-order chi connectivity index (χ1) is 9.86. The maximum atomic E-state index is 13.2. The molecule has 3 nitrogen and oxygen atoms in total. The van der Waals surface area contributed by atoms with Crippen molar-refractivity contribution in [1.82, 2.24) is 0 Å². The van der Waals surface area contributed by atoms with Crippen molar-refractivity contribution in [3.05, 3.63) is 29.8 Å². The van der Waals surface area contributed by atoms with Crippen LogP contribution >= 0.6 is 0 Å². The molecule has 1 amide bonds. The highest BCUT2D eigenvalue weighted by atomic mass is 19.2. The third-order valence-corrected chi connectivity index (χ3v) is 4.22. The Balaban J connectivity index is 2.00. The van der Waals surface area contributed by atoms with Crippen molar-refractivity contribution in [3.63, 3.8) is 0 Å². The molecule has 0 bridgehead atoms. The number of carbonyl (C=O) groups is 1. The van der Waals surface area contributed by atoms with Gasteiger partial charge in [0.25, 0.3) is 5.91 Å². The fourth-order valence-corrected chi connectivity index (χ4v) is 3.20. The highest BCUT2D eigenvalue weighted by molar-refractivity contribution is 5.93. The van der Waals surface area contributed by atoms with Crippen molar-refractivity contribution in [2.45, 2.75) is 33.2 Å². The Hall–Kier alpha value is -1.49. The summed E-state index contributed by atoms with van der Waals surface area (Å²) in [6.45, 7) is 8.23. The molecule has 1 aliphatic rings. The van der Waals surface area contributed by atoms with Gasteiger partial charge in [0.2, 0.25) is 0 Å². The standard InChI is InChI=1S/C16H22F2N2O/c1-10-6-11(2)9-20(8-10)12(3)16(21)19-13-4-5-14(17)15(18)7-13/h4-5,7,10-12H,6,8-9H2,1-3H3,(H,19,21)/p+1/t10-,11+,12-/m0/s1. The van der Waals surface area contributed by atoms with Crippen LogP contribution in [0.15, 0.2) is 18.2 Å². The molecule has 1 aromatic rings. The Morgan fingerprint density at radius 1 is 1.24 bits per heavy atom. The van der Waals surface area contributed by atoms with Crippen molar-refractivity contribution >= 4 is 11.6 Å². The second-order valence-corrected chi connectivity index (χ2v) is 6.35. The predicted molar refractivity (Wildman–Crippen MR) is 78.1 cm³/mol. The number of halogens is 2. The molecule has 0 spiro atoms. The van der Waals surface area contributed by atoms with Gasteiger partial charge in [0.1, 0.15) is 0 Å². The number of hydrogen-bond donors (Lipinski definition) is 2. The maximum absolute atomic E-state index is 13.2. The van der Waals surface area contributed by atoms with E-state index in [1.807, 2.05) is 6.92 Å². The van der Waals surface area contributed by atoms with Crippen molar-refractivity contribution in [2.75, 3.05) is 18.4 Å². The fraction of sp³-hybridized carbons (Fsp3) is 0.562. The van der Waals surface area contributed by atoms with Gasteiger partial charge in [-0.1, -0.05) is 13.8 Å². The van der Waals surface area contributed by atoms with Crippen LogP contribution in [-0.2, 0) is 4.79 Å². The summed E-state index contributed by atoms with van der Waals surface area (Å²) < 4.78 is 26.0. The number of piperidine rings is 1. The zero-order valence-electron chi connectivity index (χ0n) is 12.7. The molecular formula is C16H23F2N2O+. The Morgan fingerprint density at radius 3 is 2.43 bits per heavy atom. The summed E-state index contributed by atoms with van der Waals surface area (Å²) in [6, 6.07) is 3.20. The largest absolute Gasteiger partial charge is 0.324 e. The smallest absolute Gasteiger partial charge is 0.282 e. The normalized spacial score (nSPS) is 27.2. The molecule has 1 saturated heterocycles. The monoisotopic (exact) mass is 297 g/mol. The molecule has 21 heavy (non-hydrogen) atoms. The summed E-state index contributed by atoms with van der Waals surface area (Å²) in [7, 11) is 0. The van der Waals surface area contributed by atoms with Gasteiger partial charge in [-0.2, -0.15) is 0 Å². The molecule has 2 N–H and O–H groups in total. The lowest BCUT2D eigenvalue weighted by molar-refractivity contribution is -0.925. The van der Waals surface area contributed by atoms with E-state index in [0.717, 1.165) is 25.2 Å². The lowest BCUT2D eigenvalue weighted by Crippen LogP contribution is -3.18. The van der Waals surface area contributed by atoms with Gasteiger partial charge in [-0.25, -0.2) is 8.78 Å². The Bertz CT molecular complexity index is 511. The molecule has 0 aromatic heterocycles. The Labute approximate surface area is 124 Å². The van der Waals surface area contributed by atoms with E-state index in [9.17, 15) is 13.6 Å². The summed E-state index contributed by atoms with van der Waals surface area (Å²) in [4.78, 5) is 13.5. The van der Waals surface area contributed by atoms with Crippen molar-refractivity contribution in [2.24, 2.45) is 11.8 Å². The molecule has 116 valence electrons. The number of hydrogen-bond acceptors (Lipinski definition) is 1. The van der Waals surface area contributed by atoms with Crippen LogP contribution in [0.3, 0.4) is 0 Å². The summed E-state index contributed by atoms with van der Waals surface area (Å²) in [5, 5.41) is 2.67. The third kappa shape index (κ3) is 4.00. The molecule has 0 radical (unpaired) electrons. The van der Waals surface area contributed by atoms with Gasteiger partial charge in [-0.15, -0.1) is 0 Å². The van der Waals surface area contributed by atoms with Gasteiger partial charge in [-0.05, 0) is 25.5 Å². The highest BCUT2D eigenvalue weighted by Crippen LogP contribution is 2.14. The van der Waals surface area contributed by atoms with Gasteiger partial charge >= 0.3 is 0 Å². The summed E-state index contributed by atoms with van der Waals surface area (Å²) in [5.41, 5.74) is 0.295. The van der Waals surface area contributed by atoms with Crippen LogP contribution in [0, 0.1) is 23.5 Å². The van der Waals surface area contributed by atoms with E-state index in [0.29, 0.717) is 17.5 Å². The molecule has 1 heterocycles. The molecule has 4 atom stereocenters. The van der Waals surface area contributed by atoms with Crippen LogP contribution in [0.2, 0.25) is 0 Å². The predicted octanol–water partition coefficient (Wildman–Crippen LogP) is 1.85. The van der Waals surface area contributed by atoms with Crippen molar-refractivity contribution in [3.8, 4) is 0 Å². The molecule has 1 fully saturated rings. The molecule has 0 saturated carbocycles. The Morgan fingerprint density at radius 2 is 1.86 bits per heavy atom. The quantitative estimate of drug-likeness (QED) is 0.877. The van der Waals surface area contributed by atoms with E-state index in [1.54, 1.807) is 0 Å². The number of carbonyl (C=O) groups excluding carboxylic acids is 1. The van der Waals surface area contributed by atoms with Crippen LogP contribution < -0.4 is 10.2 Å². The number of benzene rings is 1. The first-order valence-electron chi connectivity index (χ1n) is 7.47. The van der Waals surface area contributed by atoms with E-state index < -0.39 is 11.6 Å². The molecule has 2 rings (SSSR count). The van der Waals surface area contributed by atoms with Gasteiger partial charge in [0.05, 0.1) is 13.1 Å². The molecule has 0 aliphatic carbocycles. The Kier molecular flexibility index (Phi) is 4.93. The molecule has 1 aliphatic heterocycles. The average molecular weight is 297 g/mol. The van der Waals surface area contributed by atoms with Crippen LogP contribution in [0.25, 0.3) is 0 Å². The molecule has 1 aromatic carbocycles. The van der Waals surface area contributed by atoms with Crippen LogP contribution in [0.4, 0.5) is 14.5 Å². The van der Waals surface area contributed by atoms with E-state index in [-0.39, 0.29) is 11.9 Å². The molecule has 1 unspecified atom stereocenters. The summed E-state index contributed by atoms with van der Waals surface area (Å²) in [5.74, 6) is -0.819. The lowest BCUT2D eigenvalue weighted by atomic mass is 9.91. The summed E-state index contributed by atoms with van der Waals surface area (Å²) in [6.07, 6.45) is 1.20. The highest BCUT2D eigenvalue weighted by Gasteiger charge is 2.32. The number of anilines is 1. The van der Waals surface area contributed by atoms with Crippen molar-refractivity contribution < 1.29 is 18.5 Å². The fourth-order valence-electron chi connectivity index (χ4n) is 3.20. The second kappa shape index (κ2) is 6.52. The second-order valence-electron chi connectivity index (χ2n) is 6.35.